The summed E-state index contributed by atoms with van der Waals surface area (Å²) in [6, 6.07) is -0.0811. The van der Waals surface area contributed by atoms with Gasteiger partial charge >= 0.3 is 0 Å². The van der Waals surface area contributed by atoms with E-state index in [0.29, 0.717) is 0 Å². The molecule has 4 heteroatoms. The summed E-state index contributed by atoms with van der Waals surface area (Å²) in [5, 5.41) is 3.05. The normalized spacial score (nSPS) is 35.1. The van der Waals surface area contributed by atoms with Crippen LogP contribution in [0.4, 0.5) is 0 Å². The van der Waals surface area contributed by atoms with Crippen molar-refractivity contribution in [2.45, 2.75) is 89.8 Å². The maximum atomic E-state index is 13.1. The number of nitrogens with zero attached hydrogens (tertiary/aromatic N) is 1. The van der Waals surface area contributed by atoms with Crippen molar-refractivity contribution in [2.24, 2.45) is 5.41 Å². The lowest BCUT2D eigenvalue weighted by Gasteiger charge is -2.49. The molecule has 2 saturated carbocycles. The van der Waals surface area contributed by atoms with Gasteiger partial charge in [0.1, 0.15) is 11.6 Å². The van der Waals surface area contributed by atoms with E-state index in [9.17, 15) is 9.59 Å². The quantitative estimate of drug-likeness (QED) is 0.807. The first-order chi connectivity index (χ1) is 9.85. The van der Waals surface area contributed by atoms with E-state index in [2.05, 4.69) is 19.2 Å². The molecule has 21 heavy (non-hydrogen) atoms. The first-order valence-electron chi connectivity index (χ1n) is 8.49. The van der Waals surface area contributed by atoms with E-state index in [1.165, 1.54) is 6.42 Å². The molecule has 2 amide bonds. The molecule has 3 rings (SSSR count). The predicted molar refractivity (Wildman–Crippen MR) is 81.7 cm³/mol. The van der Waals surface area contributed by atoms with E-state index in [1.807, 2.05) is 11.8 Å². The molecule has 0 radical (unpaired) electrons. The fraction of sp³-hybridized carbons (Fsp3) is 0.882. The lowest BCUT2D eigenvalue weighted by molar-refractivity contribution is -0.158. The number of carbonyl (C=O) groups excluding carboxylic acids is 2. The van der Waals surface area contributed by atoms with Crippen molar-refractivity contribution in [1.82, 2.24) is 10.2 Å². The first kappa shape index (κ1) is 14.9. The fourth-order valence-corrected chi connectivity index (χ4v) is 4.64. The van der Waals surface area contributed by atoms with Crippen molar-refractivity contribution in [3.8, 4) is 0 Å². The molecule has 0 aromatic heterocycles. The van der Waals surface area contributed by atoms with Gasteiger partial charge in [-0.15, -0.1) is 0 Å². The molecular formula is C17H28N2O2. The molecule has 1 saturated heterocycles. The second kappa shape index (κ2) is 4.99. The van der Waals surface area contributed by atoms with E-state index in [1.54, 1.807) is 0 Å². The minimum Gasteiger partial charge on any atom is -0.340 e. The van der Waals surface area contributed by atoms with Gasteiger partial charge in [0.05, 0.1) is 0 Å². The Kier molecular flexibility index (Phi) is 3.53. The number of hydrogen-bond donors (Lipinski definition) is 1. The van der Waals surface area contributed by atoms with Gasteiger partial charge in [-0.25, -0.2) is 0 Å². The minimum absolute atomic E-state index is 0.0416. The number of nitrogens with one attached hydrogen (secondary N) is 1. The number of rotatable bonds is 1. The predicted octanol–water partition coefficient (Wildman–Crippen LogP) is 2.61. The van der Waals surface area contributed by atoms with Gasteiger partial charge in [-0.2, -0.15) is 0 Å². The van der Waals surface area contributed by atoms with Crippen LogP contribution in [0.3, 0.4) is 0 Å². The van der Waals surface area contributed by atoms with E-state index >= 15 is 0 Å². The molecule has 2 atom stereocenters. The van der Waals surface area contributed by atoms with Crippen molar-refractivity contribution in [3.05, 3.63) is 0 Å². The third-order valence-electron chi connectivity index (χ3n) is 5.83. The van der Waals surface area contributed by atoms with E-state index in [4.69, 9.17) is 0 Å². The maximum absolute atomic E-state index is 13.1. The molecule has 1 spiro atoms. The molecule has 2 aliphatic carbocycles. The summed E-state index contributed by atoms with van der Waals surface area (Å²) in [7, 11) is 0. The first-order valence-corrected chi connectivity index (χ1v) is 8.49. The summed E-state index contributed by atoms with van der Waals surface area (Å²) in [6.45, 7) is 6.45. The summed E-state index contributed by atoms with van der Waals surface area (Å²) in [6.07, 6.45) is 8.16. The van der Waals surface area contributed by atoms with Crippen LogP contribution >= 0.6 is 0 Å². The molecule has 1 N–H and O–H groups in total. The monoisotopic (exact) mass is 292 g/mol. The molecule has 1 heterocycles. The molecule has 3 fully saturated rings. The molecule has 4 nitrogen and oxygen atoms in total. The molecule has 2 unspecified atom stereocenters. The van der Waals surface area contributed by atoms with E-state index in [-0.39, 0.29) is 29.3 Å². The second-order valence-electron chi connectivity index (χ2n) is 8.08. The van der Waals surface area contributed by atoms with Crippen LogP contribution < -0.4 is 5.32 Å². The van der Waals surface area contributed by atoms with Gasteiger partial charge in [0.2, 0.25) is 11.8 Å². The zero-order chi connectivity index (χ0) is 15.3. The summed E-state index contributed by atoms with van der Waals surface area (Å²) in [5.74, 6) is 0.231. The van der Waals surface area contributed by atoms with Gasteiger partial charge in [0.25, 0.3) is 0 Å². The molecule has 118 valence electrons. The van der Waals surface area contributed by atoms with Crippen LogP contribution in [0.2, 0.25) is 0 Å². The van der Waals surface area contributed by atoms with Crippen molar-refractivity contribution in [3.63, 3.8) is 0 Å². The van der Waals surface area contributed by atoms with Gasteiger partial charge in [-0.05, 0) is 44.4 Å². The Hall–Kier alpha value is -1.06. The van der Waals surface area contributed by atoms with Crippen LogP contribution in [0.5, 0.6) is 0 Å². The fourth-order valence-electron chi connectivity index (χ4n) is 4.64. The number of piperazine rings is 1. The van der Waals surface area contributed by atoms with Gasteiger partial charge in [0.15, 0.2) is 0 Å². The molecule has 1 aliphatic heterocycles. The lowest BCUT2D eigenvalue weighted by atomic mass is 9.73. The Balaban J connectivity index is 1.87. The Labute approximate surface area is 127 Å². The highest BCUT2D eigenvalue weighted by atomic mass is 16.2. The summed E-state index contributed by atoms with van der Waals surface area (Å²) in [4.78, 5) is 27.5. The summed E-state index contributed by atoms with van der Waals surface area (Å²) in [5.41, 5.74) is -0.301. The van der Waals surface area contributed by atoms with Crippen molar-refractivity contribution in [1.29, 1.82) is 0 Å². The molecule has 3 aliphatic rings. The Morgan fingerprint density at radius 3 is 2.38 bits per heavy atom. The highest BCUT2D eigenvalue weighted by Gasteiger charge is 2.53. The van der Waals surface area contributed by atoms with Crippen LogP contribution in [0, 0.1) is 5.41 Å². The number of hydrogen-bond acceptors (Lipinski definition) is 2. The van der Waals surface area contributed by atoms with Crippen molar-refractivity contribution in [2.75, 3.05) is 0 Å². The third kappa shape index (κ3) is 2.47. The van der Waals surface area contributed by atoms with E-state index in [0.717, 1.165) is 44.9 Å². The molecule has 0 aromatic carbocycles. The summed E-state index contributed by atoms with van der Waals surface area (Å²) < 4.78 is 0. The van der Waals surface area contributed by atoms with Crippen LogP contribution in [0.15, 0.2) is 0 Å². The maximum Gasteiger partial charge on any atom is 0.249 e. The zero-order valence-electron chi connectivity index (χ0n) is 13.6. The van der Waals surface area contributed by atoms with Crippen LogP contribution in [0.25, 0.3) is 0 Å². The topological polar surface area (TPSA) is 49.4 Å². The Morgan fingerprint density at radius 1 is 1.10 bits per heavy atom. The van der Waals surface area contributed by atoms with Crippen molar-refractivity contribution < 1.29 is 9.59 Å². The highest BCUT2D eigenvalue weighted by Crippen LogP contribution is 2.41. The molecule has 0 bridgehead atoms. The Morgan fingerprint density at radius 2 is 1.76 bits per heavy atom. The average molecular weight is 292 g/mol. The van der Waals surface area contributed by atoms with Gasteiger partial charge in [-0.1, -0.05) is 33.1 Å². The largest absolute Gasteiger partial charge is 0.340 e. The number of amides is 2. The number of carbonyl (C=O) groups is 2. The van der Waals surface area contributed by atoms with Crippen LogP contribution in [-0.2, 0) is 9.59 Å². The SMILES string of the molecule is CC1C(=O)NC2(CCCC2)C(=O)N1C1CCCC(C)(C)C1. The van der Waals surface area contributed by atoms with Crippen LogP contribution in [-0.4, -0.2) is 34.3 Å². The second-order valence-corrected chi connectivity index (χ2v) is 8.08. The van der Waals surface area contributed by atoms with Gasteiger partial charge in [0, 0.05) is 6.04 Å². The smallest absolute Gasteiger partial charge is 0.249 e. The lowest BCUT2D eigenvalue weighted by Crippen LogP contribution is -2.71. The molecular weight excluding hydrogens is 264 g/mol. The zero-order valence-corrected chi connectivity index (χ0v) is 13.6. The Bertz CT molecular complexity index is 452. The average Bonchev–Trinajstić information content (AvgIpc) is 2.85. The third-order valence-corrected chi connectivity index (χ3v) is 5.83. The standard InChI is InChI=1S/C17H28N2O2/c1-12-14(20)18-17(9-4-5-10-17)15(21)19(12)13-7-6-8-16(2,3)11-13/h12-13H,4-11H2,1-3H3,(H,18,20). The minimum atomic E-state index is -0.578. The van der Waals surface area contributed by atoms with Gasteiger partial charge < -0.3 is 10.2 Å². The highest BCUT2D eigenvalue weighted by molar-refractivity contribution is 6.00. The van der Waals surface area contributed by atoms with Crippen LogP contribution in [0.1, 0.15) is 72.1 Å². The molecule has 0 aromatic rings. The van der Waals surface area contributed by atoms with E-state index < -0.39 is 5.54 Å². The van der Waals surface area contributed by atoms with Gasteiger partial charge in [-0.3, -0.25) is 9.59 Å². The van der Waals surface area contributed by atoms with Crippen molar-refractivity contribution >= 4 is 11.8 Å². The summed E-state index contributed by atoms with van der Waals surface area (Å²) >= 11 is 0.